The van der Waals surface area contributed by atoms with Crippen molar-refractivity contribution in [2.24, 2.45) is 0 Å². The van der Waals surface area contributed by atoms with Crippen molar-refractivity contribution in [3.63, 3.8) is 0 Å². The largest absolute Gasteiger partial charge is 0.476 e. The Balaban J connectivity index is 3.05. The van der Waals surface area contributed by atoms with Gasteiger partial charge in [-0.15, -0.1) is 0 Å². The van der Waals surface area contributed by atoms with E-state index in [0.717, 1.165) is 18.0 Å². The summed E-state index contributed by atoms with van der Waals surface area (Å²) in [6.07, 6.45) is 3.93. The third-order valence-electron chi connectivity index (χ3n) is 1.25. The number of hydrogen-bond acceptors (Lipinski definition) is 5. The number of thioether (sulfide) groups is 1. The van der Waals surface area contributed by atoms with Gasteiger partial charge < -0.3 is 5.11 Å². The Morgan fingerprint density at radius 3 is 2.54 bits per heavy atom. The number of hydrogen-bond donors (Lipinski definition) is 1. The third kappa shape index (κ3) is 2.25. The van der Waals surface area contributed by atoms with Gasteiger partial charge in [-0.05, 0) is 6.26 Å². The van der Waals surface area contributed by atoms with E-state index in [0.29, 0.717) is 0 Å². The summed E-state index contributed by atoms with van der Waals surface area (Å²) in [5.41, 5.74) is -0.160. The zero-order valence-electron chi connectivity index (χ0n) is 6.72. The highest BCUT2D eigenvalue weighted by molar-refractivity contribution is 8.13. The second-order valence-corrected chi connectivity index (χ2v) is 2.87. The second kappa shape index (κ2) is 3.99. The molecule has 0 aliphatic carbocycles. The number of carboxylic acid groups (broad SMARTS) is 1. The fraction of sp³-hybridized carbons (Fsp3) is 0.143. The molecule has 6 heteroatoms. The van der Waals surface area contributed by atoms with E-state index in [-0.39, 0.29) is 16.5 Å². The van der Waals surface area contributed by atoms with Crippen molar-refractivity contribution in [3.8, 4) is 0 Å². The maximum atomic E-state index is 11.1. The lowest BCUT2D eigenvalue weighted by molar-refractivity contribution is 0.0690. The Morgan fingerprint density at radius 2 is 2.00 bits per heavy atom. The first-order chi connectivity index (χ1) is 6.15. The van der Waals surface area contributed by atoms with Crippen LogP contribution in [-0.2, 0) is 0 Å². The smallest absolute Gasteiger partial charge is 0.356 e. The van der Waals surface area contributed by atoms with Crippen LogP contribution in [0.2, 0.25) is 0 Å². The highest BCUT2D eigenvalue weighted by atomic mass is 32.2. The lowest BCUT2D eigenvalue weighted by atomic mass is 10.4. The fourth-order valence-electron chi connectivity index (χ4n) is 0.672. The first kappa shape index (κ1) is 9.66. The Bertz CT molecular complexity index is 353. The monoisotopic (exact) mass is 198 g/mol. The number of aromatic nitrogens is 2. The van der Waals surface area contributed by atoms with Crippen molar-refractivity contribution in [1.82, 2.24) is 9.97 Å². The summed E-state index contributed by atoms with van der Waals surface area (Å²) < 4.78 is 0. The minimum Gasteiger partial charge on any atom is -0.476 e. The maximum Gasteiger partial charge on any atom is 0.356 e. The van der Waals surface area contributed by atoms with Crippen LogP contribution in [0.5, 0.6) is 0 Å². The molecule has 5 nitrogen and oxygen atoms in total. The van der Waals surface area contributed by atoms with Crippen LogP contribution in [0.25, 0.3) is 0 Å². The van der Waals surface area contributed by atoms with E-state index in [9.17, 15) is 9.59 Å². The predicted octanol–water partition coefficient (Wildman–Crippen LogP) is 0.678. The topological polar surface area (TPSA) is 80.2 Å². The molecule has 1 aromatic rings. The molecule has 1 rings (SSSR count). The summed E-state index contributed by atoms with van der Waals surface area (Å²) in [4.78, 5) is 28.7. The number of carboxylic acids is 1. The molecule has 1 heterocycles. The lowest BCUT2D eigenvalue weighted by Gasteiger charge is -1.96. The predicted molar refractivity (Wildman–Crippen MR) is 46.8 cm³/mol. The maximum absolute atomic E-state index is 11.1. The lowest BCUT2D eigenvalue weighted by Crippen LogP contribution is -2.06. The van der Waals surface area contributed by atoms with Gasteiger partial charge in [-0.2, -0.15) is 0 Å². The van der Waals surface area contributed by atoms with Crippen LogP contribution < -0.4 is 0 Å². The van der Waals surface area contributed by atoms with Gasteiger partial charge in [0.2, 0.25) is 5.12 Å². The van der Waals surface area contributed by atoms with Crippen molar-refractivity contribution in [1.29, 1.82) is 0 Å². The summed E-state index contributed by atoms with van der Waals surface area (Å²) in [7, 11) is 0. The van der Waals surface area contributed by atoms with Crippen molar-refractivity contribution in [2.45, 2.75) is 0 Å². The van der Waals surface area contributed by atoms with Crippen LogP contribution in [0, 0.1) is 0 Å². The Kier molecular flexibility index (Phi) is 2.97. The van der Waals surface area contributed by atoms with Crippen molar-refractivity contribution in [3.05, 3.63) is 23.8 Å². The Morgan fingerprint density at radius 1 is 1.38 bits per heavy atom. The molecule has 0 aromatic carbocycles. The van der Waals surface area contributed by atoms with Crippen LogP contribution in [0.1, 0.15) is 21.0 Å². The van der Waals surface area contributed by atoms with Gasteiger partial charge in [0.15, 0.2) is 5.69 Å². The molecule has 0 atom stereocenters. The standard InChI is InChI=1S/C7H6N2O3S/c1-13-7(12)5-3-8-2-4(9-5)6(10)11/h2-3H,1H3,(H,10,11). The fourth-order valence-corrected chi connectivity index (χ4v) is 0.979. The number of aromatic carboxylic acids is 1. The third-order valence-corrected chi connectivity index (χ3v) is 1.83. The molecule has 0 saturated carbocycles. The van der Waals surface area contributed by atoms with E-state index in [4.69, 9.17) is 5.11 Å². The van der Waals surface area contributed by atoms with E-state index >= 15 is 0 Å². The molecule has 0 saturated heterocycles. The molecule has 1 aromatic heterocycles. The van der Waals surface area contributed by atoms with Crippen LogP contribution in [0.4, 0.5) is 0 Å². The summed E-state index contributed by atoms with van der Waals surface area (Å²) in [5.74, 6) is -1.19. The highest BCUT2D eigenvalue weighted by Gasteiger charge is 2.10. The van der Waals surface area contributed by atoms with Gasteiger partial charge in [0.25, 0.3) is 0 Å². The Labute approximate surface area is 78.2 Å². The van der Waals surface area contributed by atoms with E-state index in [1.54, 1.807) is 6.26 Å². The van der Waals surface area contributed by atoms with Gasteiger partial charge in [-0.3, -0.25) is 9.78 Å². The van der Waals surface area contributed by atoms with Gasteiger partial charge in [-0.25, -0.2) is 9.78 Å². The first-order valence-electron chi connectivity index (χ1n) is 3.29. The van der Waals surface area contributed by atoms with E-state index < -0.39 is 5.97 Å². The Hall–Kier alpha value is -1.43. The summed E-state index contributed by atoms with van der Waals surface area (Å²) in [5, 5.41) is 8.25. The van der Waals surface area contributed by atoms with Crippen LogP contribution in [0.15, 0.2) is 12.4 Å². The average molecular weight is 198 g/mol. The second-order valence-electron chi connectivity index (χ2n) is 2.09. The van der Waals surface area contributed by atoms with Crippen molar-refractivity contribution >= 4 is 22.8 Å². The van der Waals surface area contributed by atoms with Gasteiger partial charge in [-0.1, -0.05) is 11.8 Å². The molecule has 0 spiro atoms. The first-order valence-corrected chi connectivity index (χ1v) is 4.51. The average Bonchev–Trinajstić information content (AvgIpc) is 2.17. The van der Waals surface area contributed by atoms with Gasteiger partial charge in [0.1, 0.15) is 5.69 Å². The van der Waals surface area contributed by atoms with Crippen molar-refractivity contribution in [2.75, 3.05) is 6.26 Å². The molecular formula is C7H6N2O3S. The normalized spacial score (nSPS) is 9.62. The number of carbonyl (C=O) groups is 2. The molecule has 0 radical (unpaired) electrons. The molecule has 0 amide bonds. The summed E-state index contributed by atoms with van der Waals surface area (Å²) >= 11 is 0.964. The molecule has 13 heavy (non-hydrogen) atoms. The molecule has 0 fully saturated rings. The van der Waals surface area contributed by atoms with E-state index in [2.05, 4.69) is 9.97 Å². The summed E-state index contributed by atoms with van der Waals surface area (Å²) in [6, 6.07) is 0. The van der Waals surface area contributed by atoms with Crippen LogP contribution in [0.3, 0.4) is 0 Å². The van der Waals surface area contributed by atoms with Crippen LogP contribution in [-0.4, -0.2) is 32.4 Å². The molecule has 0 unspecified atom stereocenters. The summed E-state index contributed by atoms with van der Waals surface area (Å²) in [6.45, 7) is 0. The number of rotatable bonds is 2. The van der Waals surface area contributed by atoms with Crippen LogP contribution >= 0.6 is 11.8 Å². The quantitative estimate of drug-likeness (QED) is 0.752. The van der Waals surface area contributed by atoms with Gasteiger partial charge in [0, 0.05) is 0 Å². The van der Waals surface area contributed by atoms with Gasteiger partial charge in [0.05, 0.1) is 12.4 Å². The minimum atomic E-state index is -1.19. The molecular weight excluding hydrogens is 192 g/mol. The molecule has 1 N–H and O–H groups in total. The molecule has 0 aliphatic rings. The van der Waals surface area contributed by atoms with Crippen molar-refractivity contribution < 1.29 is 14.7 Å². The molecule has 0 bridgehead atoms. The zero-order chi connectivity index (χ0) is 9.84. The molecule has 0 aliphatic heterocycles. The highest BCUT2D eigenvalue weighted by Crippen LogP contribution is 2.05. The number of carbonyl (C=O) groups excluding carboxylic acids is 1. The molecule has 68 valence electrons. The van der Waals surface area contributed by atoms with E-state index in [1.807, 2.05) is 0 Å². The minimum absolute atomic E-state index is 0.0624. The van der Waals surface area contributed by atoms with E-state index in [1.165, 1.54) is 6.20 Å². The zero-order valence-corrected chi connectivity index (χ0v) is 7.54. The number of nitrogens with zero attached hydrogens (tertiary/aromatic N) is 2. The SMILES string of the molecule is CSC(=O)c1cncc(C(=O)O)n1. The van der Waals surface area contributed by atoms with Gasteiger partial charge >= 0.3 is 5.97 Å².